The van der Waals surface area contributed by atoms with Gasteiger partial charge in [0.25, 0.3) is 0 Å². The van der Waals surface area contributed by atoms with Gasteiger partial charge >= 0.3 is 6.09 Å². The van der Waals surface area contributed by atoms with Crippen LogP contribution in [0.2, 0.25) is 0 Å². The Labute approximate surface area is 164 Å². The summed E-state index contributed by atoms with van der Waals surface area (Å²) < 4.78 is 16.3. The van der Waals surface area contributed by atoms with E-state index in [-0.39, 0.29) is 12.1 Å². The van der Waals surface area contributed by atoms with Gasteiger partial charge in [-0.3, -0.25) is 0 Å². The van der Waals surface area contributed by atoms with E-state index in [1.165, 1.54) is 6.33 Å². The molecule has 1 aliphatic heterocycles. The van der Waals surface area contributed by atoms with Crippen molar-refractivity contribution < 1.29 is 19.0 Å². The summed E-state index contributed by atoms with van der Waals surface area (Å²) in [4.78, 5) is 20.4. The van der Waals surface area contributed by atoms with Crippen LogP contribution in [-0.4, -0.2) is 47.5 Å². The van der Waals surface area contributed by atoms with E-state index in [2.05, 4.69) is 27.1 Å². The Hall–Kier alpha value is -2.85. The number of aromatic nitrogens is 2. The van der Waals surface area contributed by atoms with Gasteiger partial charge in [-0.15, -0.1) is 0 Å². The zero-order valence-electron chi connectivity index (χ0n) is 16.6. The Morgan fingerprint density at radius 2 is 2.11 bits per heavy atom. The topological polar surface area (TPSA) is 82.6 Å². The van der Waals surface area contributed by atoms with Crippen LogP contribution in [0.15, 0.2) is 24.5 Å². The Morgan fingerprint density at radius 1 is 1.29 bits per heavy atom. The molecule has 1 fully saturated rings. The second kappa shape index (κ2) is 8.44. The van der Waals surface area contributed by atoms with E-state index in [1.807, 2.05) is 39.0 Å². The van der Waals surface area contributed by atoms with Gasteiger partial charge in [-0.05, 0) is 57.7 Å². The van der Waals surface area contributed by atoms with Crippen LogP contribution in [-0.2, 0) is 9.47 Å². The van der Waals surface area contributed by atoms with Gasteiger partial charge in [-0.2, -0.15) is 0 Å². The predicted octanol–water partition coefficient (Wildman–Crippen LogP) is 3.06. The SMILES string of the molecule is COc1ccc2ncnc(C#C[C@@H]3CC[C@@H](NC(=O)OC(C)(C)C)CO3)c2c1. The molecule has 1 aromatic carbocycles. The second-order valence-electron chi connectivity index (χ2n) is 7.62. The molecule has 2 atom stereocenters. The van der Waals surface area contributed by atoms with Crippen molar-refractivity contribution in [1.29, 1.82) is 0 Å². The summed E-state index contributed by atoms with van der Waals surface area (Å²) in [7, 11) is 1.62. The second-order valence-corrected chi connectivity index (χ2v) is 7.62. The molecule has 1 amide bonds. The summed E-state index contributed by atoms with van der Waals surface area (Å²) in [5.41, 5.74) is 0.934. The molecule has 0 saturated carbocycles. The minimum Gasteiger partial charge on any atom is -0.497 e. The molecular weight excluding hydrogens is 358 g/mol. The normalized spacial score (nSPS) is 19.4. The van der Waals surface area contributed by atoms with Gasteiger partial charge in [0, 0.05) is 5.39 Å². The lowest BCUT2D eigenvalue weighted by Crippen LogP contribution is -2.44. The van der Waals surface area contributed by atoms with Gasteiger partial charge in [0.05, 0.1) is 25.3 Å². The maximum absolute atomic E-state index is 11.9. The maximum Gasteiger partial charge on any atom is 0.407 e. The molecule has 0 aliphatic carbocycles. The first-order chi connectivity index (χ1) is 13.3. The van der Waals surface area contributed by atoms with Gasteiger partial charge in [-0.1, -0.05) is 5.92 Å². The summed E-state index contributed by atoms with van der Waals surface area (Å²) in [6.45, 7) is 5.91. The fourth-order valence-electron chi connectivity index (χ4n) is 2.86. The first-order valence-electron chi connectivity index (χ1n) is 9.25. The van der Waals surface area contributed by atoms with Crippen LogP contribution < -0.4 is 10.1 Å². The molecule has 2 aromatic rings. The molecule has 1 saturated heterocycles. The van der Waals surface area contributed by atoms with E-state index >= 15 is 0 Å². The quantitative estimate of drug-likeness (QED) is 0.803. The molecule has 7 heteroatoms. The van der Waals surface area contributed by atoms with Crippen LogP contribution in [0.5, 0.6) is 5.75 Å². The number of benzene rings is 1. The number of nitrogens with one attached hydrogen (secondary N) is 1. The minimum absolute atomic E-state index is 0.0722. The zero-order valence-corrected chi connectivity index (χ0v) is 16.6. The molecule has 1 N–H and O–H groups in total. The number of rotatable bonds is 2. The Morgan fingerprint density at radius 3 is 2.79 bits per heavy atom. The molecule has 148 valence electrons. The van der Waals surface area contributed by atoms with Crippen molar-refractivity contribution in [3.8, 4) is 17.6 Å². The zero-order chi connectivity index (χ0) is 20.1. The Balaban J connectivity index is 1.61. The van der Waals surface area contributed by atoms with Crippen molar-refractivity contribution in [2.24, 2.45) is 0 Å². The number of ether oxygens (including phenoxy) is 3. The van der Waals surface area contributed by atoms with E-state index in [1.54, 1.807) is 7.11 Å². The third kappa shape index (κ3) is 5.33. The molecule has 0 radical (unpaired) electrons. The number of fused-ring (bicyclic) bond motifs is 1. The summed E-state index contributed by atoms with van der Waals surface area (Å²) in [6, 6.07) is 5.54. The first kappa shape index (κ1) is 19.9. The van der Waals surface area contributed by atoms with Crippen LogP contribution in [0.1, 0.15) is 39.3 Å². The van der Waals surface area contributed by atoms with E-state index in [0.29, 0.717) is 12.3 Å². The van der Waals surface area contributed by atoms with Crippen molar-refractivity contribution in [1.82, 2.24) is 15.3 Å². The molecule has 0 spiro atoms. The lowest BCUT2D eigenvalue weighted by Gasteiger charge is -2.28. The van der Waals surface area contributed by atoms with E-state index in [0.717, 1.165) is 29.5 Å². The average molecular weight is 383 g/mol. The van der Waals surface area contributed by atoms with Crippen molar-refractivity contribution >= 4 is 17.0 Å². The van der Waals surface area contributed by atoms with Crippen LogP contribution >= 0.6 is 0 Å². The fraction of sp³-hybridized carbons (Fsp3) is 0.476. The Kier molecular flexibility index (Phi) is 6.00. The number of nitrogens with zero attached hydrogens (tertiary/aromatic N) is 2. The van der Waals surface area contributed by atoms with Crippen LogP contribution in [0.25, 0.3) is 10.9 Å². The fourth-order valence-corrected chi connectivity index (χ4v) is 2.86. The molecule has 2 heterocycles. The van der Waals surface area contributed by atoms with E-state index < -0.39 is 11.7 Å². The summed E-state index contributed by atoms with van der Waals surface area (Å²) in [5.74, 6) is 6.97. The average Bonchev–Trinajstić information content (AvgIpc) is 2.65. The lowest BCUT2D eigenvalue weighted by molar-refractivity contribution is 0.0169. The molecule has 3 rings (SSSR count). The van der Waals surface area contributed by atoms with Gasteiger partial charge in [0.2, 0.25) is 0 Å². The summed E-state index contributed by atoms with van der Waals surface area (Å²) in [5, 5.41) is 3.68. The lowest BCUT2D eigenvalue weighted by atomic mass is 10.1. The third-order valence-electron chi connectivity index (χ3n) is 4.19. The molecule has 7 nitrogen and oxygen atoms in total. The van der Waals surface area contributed by atoms with Gasteiger partial charge in [0.15, 0.2) is 0 Å². The summed E-state index contributed by atoms with van der Waals surface area (Å²) >= 11 is 0. The highest BCUT2D eigenvalue weighted by atomic mass is 16.6. The smallest absolute Gasteiger partial charge is 0.407 e. The highest BCUT2D eigenvalue weighted by Gasteiger charge is 2.24. The largest absolute Gasteiger partial charge is 0.497 e. The molecule has 28 heavy (non-hydrogen) atoms. The first-order valence-corrected chi connectivity index (χ1v) is 9.25. The van der Waals surface area contributed by atoms with Gasteiger partial charge < -0.3 is 19.5 Å². The highest BCUT2D eigenvalue weighted by Crippen LogP contribution is 2.21. The minimum atomic E-state index is -0.517. The van der Waals surface area contributed by atoms with Gasteiger partial charge in [-0.25, -0.2) is 14.8 Å². The molecule has 0 unspecified atom stereocenters. The van der Waals surface area contributed by atoms with Crippen molar-refractivity contribution in [3.05, 3.63) is 30.2 Å². The highest BCUT2D eigenvalue weighted by molar-refractivity contribution is 5.84. The van der Waals surface area contributed by atoms with E-state index in [9.17, 15) is 4.79 Å². The maximum atomic E-state index is 11.9. The third-order valence-corrected chi connectivity index (χ3v) is 4.19. The number of hydrogen-bond acceptors (Lipinski definition) is 6. The number of carbonyl (C=O) groups excluding carboxylic acids is 1. The monoisotopic (exact) mass is 383 g/mol. The number of methoxy groups -OCH3 is 1. The number of amides is 1. The number of alkyl carbamates (subject to hydrolysis) is 1. The van der Waals surface area contributed by atoms with Crippen molar-refractivity contribution in [2.45, 2.75) is 51.4 Å². The van der Waals surface area contributed by atoms with Gasteiger partial charge in [0.1, 0.15) is 29.5 Å². The summed E-state index contributed by atoms with van der Waals surface area (Å²) in [6.07, 6.45) is 2.37. The van der Waals surface area contributed by atoms with Crippen molar-refractivity contribution in [2.75, 3.05) is 13.7 Å². The standard InChI is InChI=1S/C21H25N3O4/c1-21(2,3)28-20(25)24-14-5-6-15(27-12-14)7-9-18-17-11-16(26-4)8-10-19(17)23-13-22-18/h8,10-11,13-15H,5-6,12H2,1-4H3,(H,24,25)/t14-,15+/m1/s1. The molecule has 0 bridgehead atoms. The predicted molar refractivity (Wildman–Crippen MR) is 105 cm³/mol. The van der Waals surface area contributed by atoms with Crippen LogP contribution in [0, 0.1) is 11.8 Å². The number of carbonyl (C=O) groups is 1. The molecular formula is C21H25N3O4. The van der Waals surface area contributed by atoms with Crippen molar-refractivity contribution in [3.63, 3.8) is 0 Å². The number of hydrogen-bond donors (Lipinski definition) is 1. The Bertz CT molecular complexity index is 903. The molecule has 1 aliphatic rings. The molecule has 1 aromatic heterocycles. The van der Waals surface area contributed by atoms with Crippen LogP contribution in [0.3, 0.4) is 0 Å². The van der Waals surface area contributed by atoms with E-state index in [4.69, 9.17) is 14.2 Å². The van der Waals surface area contributed by atoms with Crippen LogP contribution in [0.4, 0.5) is 4.79 Å².